The topological polar surface area (TPSA) is 66.4 Å². The highest BCUT2D eigenvalue weighted by atomic mass is 33.1. The van der Waals surface area contributed by atoms with Crippen LogP contribution in [0.2, 0.25) is 0 Å². The molecule has 1 aromatic rings. The van der Waals surface area contributed by atoms with Gasteiger partial charge in [-0.15, -0.1) is 0 Å². The van der Waals surface area contributed by atoms with E-state index in [-0.39, 0.29) is 17.5 Å². The van der Waals surface area contributed by atoms with E-state index in [4.69, 9.17) is 5.11 Å². The van der Waals surface area contributed by atoms with Crippen LogP contribution in [0, 0.1) is 5.82 Å². The Hall–Kier alpha value is -1.21. The number of carbonyl (C=O) groups is 2. The van der Waals surface area contributed by atoms with Gasteiger partial charge in [-0.25, -0.2) is 9.18 Å². The molecule has 0 aromatic heterocycles. The van der Waals surface area contributed by atoms with Gasteiger partial charge in [0.25, 0.3) is 0 Å². The molecule has 0 spiro atoms. The lowest BCUT2D eigenvalue weighted by molar-refractivity contribution is -0.140. The van der Waals surface area contributed by atoms with Crippen molar-refractivity contribution in [2.24, 2.45) is 0 Å². The summed E-state index contributed by atoms with van der Waals surface area (Å²) < 4.78 is 12.9. The first-order valence-corrected chi connectivity index (χ1v) is 7.96. The van der Waals surface area contributed by atoms with Crippen molar-refractivity contribution in [2.75, 3.05) is 5.75 Å². The monoisotopic (exact) mass is 303 g/mol. The van der Waals surface area contributed by atoms with Crippen molar-refractivity contribution in [3.05, 3.63) is 35.6 Å². The Morgan fingerprint density at radius 1 is 1.42 bits per heavy atom. The largest absolute Gasteiger partial charge is 0.480 e. The molecule has 0 aliphatic rings. The number of hydrogen-bond acceptors (Lipinski definition) is 4. The van der Waals surface area contributed by atoms with Gasteiger partial charge in [0.05, 0.1) is 0 Å². The summed E-state index contributed by atoms with van der Waals surface area (Å²) in [7, 11) is 2.75. The molecule has 0 aliphatic carbocycles. The Balaban J connectivity index is 2.32. The molecular weight excluding hydrogens is 289 g/mol. The van der Waals surface area contributed by atoms with E-state index in [9.17, 15) is 14.0 Å². The molecule has 0 bridgehead atoms. The fraction of sp³-hybridized carbons (Fsp3) is 0.333. The van der Waals surface area contributed by atoms with Gasteiger partial charge in [-0.1, -0.05) is 33.7 Å². The second-order valence-electron chi connectivity index (χ2n) is 3.77. The molecule has 2 N–H and O–H groups in total. The van der Waals surface area contributed by atoms with E-state index >= 15 is 0 Å². The average molecular weight is 303 g/mol. The summed E-state index contributed by atoms with van der Waals surface area (Å²) in [5.74, 6) is -0.883. The van der Waals surface area contributed by atoms with E-state index in [0.29, 0.717) is 5.75 Å². The molecule has 19 heavy (non-hydrogen) atoms. The Labute approximate surface area is 118 Å². The number of halogens is 1. The predicted molar refractivity (Wildman–Crippen MR) is 75.4 cm³/mol. The summed E-state index contributed by atoms with van der Waals surface area (Å²) in [6.07, 6.45) is 0. The number of nitrogens with one attached hydrogen (secondary N) is 1. The average Bonchev–Trinajstić information content (AvgIpc) is 2.32. The van der Waals surface area contributed by atoms with Gasteiger partial charge in [-0.3, -0.25) is 4.79 Å². The summed E-state index contributed by atoms with van der Waals surface area (Å²) in [5.41, 5.74) is 0.837. The SMILES string of the molecule is CC(=O)N[C@@H](CSSCc1cccc(F)c1)C(=O)O. The molecule has 0 saturated carbocycles. The second kappa shape index (κ2) is 8.06. The molecule has 0 aliphatic heterocycles. The Morgan fingerprint density at radius 2 is 2.16 bits per heavy atom. The molecule has 1 amide bonds. The number of rotatable bonds is 7. The number of aliphatic carboxylic acids is 1. The molecule has 4 nitrogen and oxygen atoms in total. The quantitative estimate of drug-likeness (QED) is 0.597. The maximum Gasteiger partial charge on any atom is 0.327 e. The van der Waals surface area contributed by atoms with Gasteiger partial charge in [0.15, 0.2) is 0 Å². The lowest BCUT2D eigenvalue weighted by atomic mass is 10.2. The third-order valence-electron chi connectivity index (χ3n) is 2.11. The first-order valence-electron chi connectivity index (χ1n) is 5.48. The lowest BCUT2D eigenvalue weighted by Crippen LogP contribution is -2.41. The van der Waals surface area contributed by atoms with E-state index in [0.717, 1.165) is 5.56 Å². The Kier molecular flexibility index (Phi) is 6.72. The van der Waals surface area contributed by atoms with Gasteiger partial charge < -0.3 is 10.4 Å². The molecule has 7 heteroatoms. The van der Waals surface area contributed by atoms with Crippen LogP contribution in [-0.4, -0.2) is 28.8 Å². The minimum absolute atomic E-state index is 0.259. The molecule has 0 fully saturated rings. The van der Waals surface area contributed by atoms with Crippen molar-refractivity contribution < 1.29 is 19.1 Å². The molecule has 0 heterocycles. The third kappa shape index (κ3) is 6.49. The van der Waals surface area contributed by atoms with Crippen molar-refractivity contribution in [2.45, 2.75) is 18.7 Å². The fourth-order valence-corrected chi connectivity index (χ4v) is 3.49. The highest BCUT2D eigenvalue weighted by molar-refractivity contribution is 8.76. The van der Waals surface area contributed by atoms with Crippen molar-refractivity contribution in [3.8, 4) is 0 Å². The van der Waals surface area contributed by atoms with Gasteiger partial charge in [-0.2, -0.15) is 0 Å². The van der Waals surface area contributed by atoms with Crippen LogP contribution in [0.15, 0.2) is 24.3 Å². The zero-order valence-corrected chi connectivity index (χ0v) is 11.9. The zero-order valence-electron chi connectivity index (χ0n) is 10.3. The van der Waals surface area contributed by atoms with Crippen molar-refractivity contribution in [1.29, 1.82) is 0 Å². The second-order valence-corrected chi connectivity index (χ2v) is 6.28. The van der Waals surface area contributed by atoms with Crippen molar-refractivity contribution >= 4 is 33.5 Å². The number of carboxylic acids is 1. The highest BCUT2D eigenvalue weighted by Gasteiger charge is 2.18. The van der Waals surface area contributed by atoms with Crippen LogP contribution in [0.5, 0.6) is 0 Å². The first kappa shape index (κ1) is 15.8. The summed E-state index contributed by atoms with van der Waals surface area (Å²) in [6, 6.07) is 5.35. The van der Waals surface area contributed by atoms with E-state index < -0.39 is 12.0 Å². The number of benzene rings is 1. The molecule has 0 saturated heterocycles. The third-order valence-corrected chi connectivity index (χ3v) is 4.46. The van der Waals surface area contributed by atoms with Crippen LogP contribution in [0.4, 0.5) is 4.39 Å². The summed E-state index contributed by atoms with van der Waals surface area (Å²) in [4.78, 5) is 21.7. The van der Waals surface area contributed by atoms with Crippen LogP contribution in [0.1, 0.15) is 12.5 Å². The maximum atomic E-state index is 12.9. The highest BCUT2D eigenvalue weighted by Crippen LogP contribution is 2.26. The number of carbonyl (C=O) groups excluding carboxylic acids is 1. The smallest absolute Gasteiger partial charge is 0.327 e. The summed E-state index contributed by atoms with van der Waals surface area (Å²) in [6.45, 7) is 1.28. The minimum atomic E-state index is -1.06. The standard InChI is InChI=1S/C12H14FNO3S2/c1-8(15)14-11(12(16)17)7-19-18-6-9-3-2-4-10(13)5-9/h2-5,11H,6-7H2,1H3,(H,14,15)(H,16,17)/t11-/m0/s1. The molecule has 0 unspecified atom stereocenters. The van der Waals surface area contributed by atoms with Crippen LogP contribution < -0.4 is 5.32 Å². The number of amides is 1. The fourth-order valence-electron chi connectivity index (χ4n) is 1.27. The molecule has 1 aromatic carbocycles. The normalized spacial score (nSPS) is 11.9. The maximum absolute atomic E-state index is 12.9. The van der Waals surface area contributed by atoms with Crippen molar-refractivity contribution in [1.82, 2.24) is 5.32 Å². The van der Waals surface area contributed by atoms with Gasteiger partial charge >= 0.3 is 5.97 Å². The molecule has 104 valence electrons. The Bertz CT molecular complexity index is 456. The van der Waals surface area contributed by atoms with Crippen LogP contribution in [-0.2, 0) is 15.3 Å². The summed E-state index contributed by atoms with van der Waals surface area (Å²) in [5, 5.41) is 11.2. The van der Waals surface area contributed by atoms with E-state index in [1.165, 1.54) is 40.6 Å². The van der Waals surface area contributed by atoms with Crippen LogP contribution >= 0.6 is 21.6 Å². The van der Waals surface area contributed by atoms with Gasteiger partial charge in [0.2, 0.25) is 5.91 Å². The van der Waals surface area contributed by atoms with Crippen molar-refractivity contribution in [3.63, 3.8) is 0 Å². The van der Waals surface area contributed by atoms with Gasteiger partial charge in [-0.05, 0) is 17.7 Å². The van der Waals surface area contributed by atoms with Crippen LogP contribution in [0.25, 0.3) is 0 Å². The van der Waals surface area contributed by atoms with Gasteiger partial charge in [0, 0.05) is 18.4 Å². The summed E-state index contributed by atoms with van der Waals surface area (Å²) >= 11 is 0. The predicted octanol–water partition coefficient (Wildman–Crippen LogP) is 2.30. The molecular formula is C12H14FNO3S2. The number of carboxylic acid groups (broad SMARTS) is 1. The van der Waals surface area contributed by atoms with Crippen LogP contribution in [0.3, 0.4) is 0 Å². The lowest BCUT2D eigenvalue weighted by Gasteiger charge is -2.12. The van der Waals surface area contributed by atoms with E-state index in [1.807, 2.05) is 0 Å². The molecule has 0 radical (unpaired) electrons. The van der Waals surface area contributed by atoms with Gasteiger partial charge in [0.1, 0.15) is 11.9 Å². The Morgan fingerprint density at radius 3 is 2.74 bits per heavy atom. The number of hydrogen-bond donors (Lipinski definition) is 2. The first-order chi connectivity index (χ1) is 8.99. The molecule has 1 rings (SSSR count). The minimum Gasteiger partial charge on any atom is -0.480 e. The van der Waals surface area contributed by atoms with E-state index in [2.05, 4.69) is 5.32 Å². The molecule has 1 atom stereocenters. The van der Waals surface area contributed by atoms with E-state index in [1.54, 1.807) is 12.1 Å². The zero-order chi connectivity index (χ0) is 14.3.